The highest BCUT2D eigenvalue weighted by molar-refractivity contribution is 6.00. The summed E-state index contributed by atoms with van der Waals surface area (Å²) in [5.41, 5.74) is 8.25. The molecule has 5 heteroatoms. The number of hydrogen-bond acceptors (Lipinski definition) is 4. The van der Waals surface area contributed by atoms with Crippen LogP contribution in [-0.4, -0.2) is 21.7 Å². The molecule has 3 rings (SSSR count). The fourth-order valence-electron chi connectivity index (χ4n) is 2.41. The van der Waals surface area contributed by atoms with Gasteiger partial charge < -0.3 is 5.73 Å². The van der Waals surface area contributed by atoms with Crippen molar-refractivity contribution in [2.24, 2.45) is 5.73 Å². The number of pyridine rings is 2. The van der Waals surface area contributed by atoms with Gasteiger partial charge in [-0.1, -0.05) is 24.3 Å². The minimum absolute atomic E-state index is 0.101. The van der Waals surface area contributed by atoms with Gasteiger partial charge >= 0.3 is 0 Å². The van der Waals surface area contributed by atoms with Gasteiger partial charge in [0, 0.05) is 29.9 Å². The van der Waals surface area contributed by atoms with E-state index in [0.29, 0.717) is 22.4 Å². The van der Waals surface area contributed by atoms with Gasteiger partial charge in [-0.3, -0.25) is 19.6 Å². The highest BCUT2D eigenvalue weighted by Crippen LogP contribution is 2.16. The monoisotopic (exact) mass is 317 g/mol. The van der Waals surface area contributed by atoms with Crippen molar-refractivity contribution < 1.29 is 9.59 Å². The minimum Gasteiger partial charge on any atom is -0.366 e. The van der Waals surface area contributed by atoms with Crippen molar-refractivity contribution in [1.82, 2.24) is 9.97 Å². The van der Waals surface area contributed by atoms with Gasteiger partial charge in [-0.05, 0) is 35.9 Å². The van der Waals surface area contributed by atoms with E-state index in [1.165, 1.54) is 6.20 Å². The topological polar surface area (TPSA) is 85.9 Å². The molecule has 0 saturated carbocycles. The minimum atomic E-state index is -0.540. The van der Waals surface area contributed by atoms with E-state index in [2.05, 4.69) is 9.97 Å². The van der Waals surface area contributed by atoms with Crippen LogP contribution in [-0.2, 0) is 6.42 Å². The quantitative estimate of drug-likeness (QED) is 0.733. The molecule has 0 atom stereocenters. The van der Waals surface area contributed by atoms with Crippen LogP contribution in [0, 0.1) is 0 Å². The number of carbonyl (C=O) groups excluding carboxylic acids is 2. The van der Waals surface area contributed by atoms with Crippen molar-refractivity contribution in [1.29, 1.82) is 0 Å². The Morgan fingerprint density at radius 3 is 2.29 bits per heavy atom. The number of ketones is 1. The Balaban J connectivity index is 1.80. The summed E-state index contributed by atoms with van der Waals surface area (Å²) in [5.74, 6) is -0.661. The van der Waals surface area contributed by atoms with Crippen LogP contribution in [0.1, 0.15) is 26.3 Å². The Morgan fingerprint density at radius 1 is 0.875 bits per heavy atom. The van der Waals surface area contributed by atoms with E-state index in [-0.39, 0.29) is 12.2 Å². The molecular weight excluding hydrogens is 302 g/mol. The standard InChI is InChI=1S/C19H15N3O2/c20-19(24)15-6-2-1-5-13(15)11-18(23)14-8-9-17(22-12-14)16-7-3-4-10-21-16/h1-10,12H,11H2,(H2,20,24). The first kappa shape index (κ1) is 15.6. The van der Waals surface area contributed by atoms with Crippen LogP contribution < -0.4 is 5.73 Å². The van der Waals surface area contributed by atoms with Gasteiger partial charge in [0.05, 0.1) is 11.4 Å². The number of hydrogen-bond donors (Lipinski definition) is 1. The van der Waals surface area contributed by atoms with Gasteiger partial charge in [0.1, 0.15) is 0 Å². The fraction of sp³-hybridized carbons (Fsp3) is 0.0526. The van der Waals surface area contributed by atoms with Crippen LogP contribution in [0.3, 0.4) is 0 Å². The smallest absolute Gasteiger partial charge is 0.248 e. The summed E-state index contributed by atoms with van der Waals surface area (Å²) in [6.45, 7) is 0. The molecule has 2 heterocycles. The number of nitrogens with zero attached hydrogens (tertiary/aromatic N) is 2. The molecule has 0 aliphatic rings. The Bertz CT molecular complexity index is 875. The lowest BCUT2D eigenvalue weighted by Crippen LogP contribution is -2.15. The predicted octanol–water partition coefficient (Wildman–Crippen LogP) is 2.67. The van der Waals surface area contributed by atoms with E-state index >= 15 is 0 Å². The molecule has 0 fully saturated rings. The molecule has 0 unspecified atom stereocenters. The number of carbonyl (C=O) groups is 2. The number of aromatic nitrogens is 2. The van der Waals surface area contributed by atoms with E-state index in [4.69, 9.17) is 5.73 Å². The Labute approximate surface area is 139 Å². The first-order valence-corrected chi connectivity index (χ1v) is 7.43. The van der Waals surface area contributed by atoms with E-state index < -0.39 is 5.91 Å². The van der Waals surface area contributed by atoms with Crippen LogP contribution in [0.15, 0.2) is 67.0 Å². The maximum Gasteiger partial charge on any atom is 0.248 e. The second-order valence-electron chi connectivity index (χ2n) is 5.27. The summed E-state index contributed by atoms with van der Waals surface area (Å²) in [5, 5.41) is 0. The third kappa shape index (κ3) is 3.35. The van der Waals surface area contributed by atoms with Gasteiger partial charge in [-0.25, -0.2) is 0 Å². The van der Waals surface area contributed by atoms with Crippen molar-refractivity contribution >= 4 is 11.7 Å². The number of rotatable bonds is 5. The van der Waals surface area contributed by atoms with E-state index in [9.17, 15) is 9.59 Å². The molecule has 5 nitrogen and oxygen atoms in total. The van der Waals surface area contributed by atoms with Crippen LogP contribution in [0.4, 0.5) is 0 Å². The lowest BCUT2D eigenvalue weighted by Gasteiger charge is -2.06. The Kier molecular flexibility index (Phi) is 4.43. The Morgan fingerprint density at radius 2 is 1.62 bits per heavy atom. The number of nitrogens with two attached hydrogens (primary N) is 1. The molecule has 0 aliphatic heterocycles. The van der Waals surface area contributed by atoms with Crippen molar-refractivity contribution in [3.05, 3.63) is 83.7 Å². The van der Waals surface area contributed by atoms with E-state index in [0.717, 1.165) is 5.69 Å². The van der Waals surface area contributed by atoms with E-state index in [1.54, 1.807) is 42.6 Å². The molecule has 1 aromatic carbocycles. The average Bonchev–Trinajstić information content (AvgIpc) is 2.63. The summed E-state index contributed by atoms with van der Waals surface area (Å²) < 4.78 is 0. The van der Waals surface area contributed by atoms with Gasteiger partial charge in [0.2, 0.25) is 5.91 Å². The molecule has 0 spiro atoms. The van der Waals surface area contributed by atoms with Gasteiger partial charge in [0.25, 0.3) is 0 Å². The molecule has 2 aromatic heterocycles. The predicted molar refractivity (Wildman–Crippen MR) is 90.5 cm³/mol. The summed E-state index contributed by atoms with van der Waals surface area (Å²) in [4.78, 5) is 32.4. The maximum absolute atomic E-state index is 12.4. The molecule has 0 saturated heterocycles. The lowest BCUT2D eigenvalue weighted by molar-refractivity contribution is 0.0991. The zero-order valence-electron chi connectivity index (χ0n) is 12.8. The summed E-state index contributed by atoms with van der Waals surface area (Å²) in [6.07, 6.45) is 3.32. The van der Waals surface area contributed by atoms with Crippen LogP contribution in [0.5, 0.6) is 0 Å². The molecule has 24 heavy (non-hydrogen) atoms. The summed E-state index contributed by atoms with van der Waals surface area (Å²) in [7, 11) is 0. The molecule has 0 aliphatic carbocycles. The second kappa shape index (κ2) is 6.83. The van der Waals surface area contributed by atoms with Gasteiger partial charge in [-0.2, -0.15) is 0 Å². The number of primary amides is 1. The van der Waals surface area contributed by atoms with Crippen molar-refractivity contribution in [3.8, 4) is 11.4 Å². The van der Waals surface area contributed by atoms with Crippen molar-refractivity contribution in [2.75, 3.05) is 0 Å². The molecule has 1 amide bonds. The molecular formula is C19H15N3O2. The first-order chi connectivity index (χ1) is 11.6. The van der Waals surface area contributed by atoms with Gasteiger partial charge in [0.15, 0.2) is 5.78 Å². The average molecular weight is 317 g/mol. The Hall–Kier alpha value is -3.34. The SMILES string of the molecule is NC(=O)c1ccccc1CC(=O)c1ccc(-c2ccccn2)nc1. The van der Waals surface area contributed by atoms with Crippen LogP contribution >= 0.6 is 0 Å². The molecule has 118 valence electrons. The highest BCUT2D eigenvalue weighted by atomic mass is 16.1. The third-order valence-electron chi connectivity index (χ3n) is 3.65. The van der Waals surface area contributed by atoms with Crippen molar-refractivity contribution in [3.63, 3.8) is 0 Å². The van der Waals surface area contributed by atoms with Crippen LogP contribution in [0.25, 0.3) is 11.4 Å². The fourth-order valence-corrected chi connectivity index (χ4v) is 2.41. The normalized spacial score (nSPS) is 10.3. The second-order valence-corrected chi connectivity index (χ2v) is 5.27. The van der Waals surface area contributed by atoms with Gasteiger partial charge in [-0.15, -0.1) is 0 Å². The van der Waals surface area contributed by atoms with E-state index in [1.807, 2.05) is 18.2 Å². The van der Waals surface area contributed by atoms with Crippen LogP contribution in [0.2, 0.25) is 0 Å². The molecule has 2 N–H and O–H groups in total. The number of Topliss-reactive ketones (excluding diaryl/α,β-unsaturated/α-hetero) is 1. The first-order valence-electron chi connectivity index (χ1n) is 7.43. The molecule has 0 radical (unpaired) electrons. The largest absolute Gasteiger partial charge is 0.366 e. The maximum atomic E-state index is 12.4. The lowest BCUT2D eigenvalue weighted by atomic mass is 9.99. The molecule has 0 bridgehead atoms. The molecule has 3 aromatic rings. The summed E-state index contributed by atoms with van der Waals surface area (Å²) >= 11 is 0. The highest BCUT2D eigenvalue weighted by Gasteiger charge is 2.13. The number of benzene rings is 1. The third-order valence-corrected chi connectivity index (χ3v) is 3.65. The summed E-state index contributed by atoms with van der Waals surface area (Å²) in [6, 6.07) is 15.9. The number of amides is 1. The van der Waals surface area contributed by atoms with Crippen molar-refractivity contribution in [2.45, 2.75) is 6.42 Å². The zero-order valence-corrected chi connectivity index (χ0v) is 12.8. The zero-order chi connectivity index (χ0) is 16.9.